The molecular weight excluding hydrogens is 311 g/mol. The molecule has 0 N–H and O–H groups in total. The zero-order valence-electron chi connectivity index (χ0n) is 12.5. The fourth-order valence-corrected chi connectivity index (χ4v) is 2.98. The van der Waals surface area contributed by atoms with Gasteiger partial charge in [-0.25, -0.2) is 4.98 Å². The molecule has 0 atom stereocenters. The lowest BCUT2D eigenvalue weighted by Gasteiger charge is -2.12. The van der Waals surface area contributed by atoms with Gasteiger partial charge in [-0.1, -0.05) is 48.5 Å². The van der Waals surface area contributed by atoms with Gasteiger partial charge in [0.15, 0.2) is 0 Å². The number of hydrogen-bond donors (Lipinski definition) is 0. The van der Waals surface area contributed by atoms with E-state index >= 15 is 0 Å². The fraction of sp³-hybridized carbons (Fsp3) is 0.0500. The minimum Gasteiger partial charge on any atom is -0.248 e. The van der Waals surface area contributed by atoms with Crippen LogP contribution in [-0.4, -0.2) is 4.98 Å². The van der Waals surface area contributed by atoms with Crippen LogP contribution in [0.5, 0.6) is 0 Å². The van der Waals surface area contributed by atoms with E-state index in [2.05, 4.69) is 4.98 Å². The third kappa shape index (κ3) is 2.40. The molecule has 1 aromatic heterocycles. The topological polar surface area (TPSA) is 12.9 Å². The van der Waals surface area contributed by atoms with E-state index in [1.807, 2.05) is 48.5 Å². The van der Waals surface area contributed by atoms with Crippen molar-refractivity contribution in [3.05, 3.63) is 78.4 Å². The van der Waals surface area contributed by atoms with Gasteiger partial charge in [-0.15, -0.1) is 0 Å². The van der Waals surface area contributed by atoms with E-state index in [1.165, 1.54) is 12.1 Å². The van der Waals surface area contributed by atoms with Gasteiger partial charge >= 0.3 is 6.18 Å². The molecule has 0 saturated heterocycles. The molecule has 1 heterocycles. The van der Waals surface area contributed by atoms with Gasteiger partial charge in [-0.3, -0.25) is 0 Å². The molecule has 4 aromatic rings. The van der Waals surface area contributed by atoms with E-state index in [1.54, 1.807) is 0 Å². The number of aromatic nitrogens is 1. The summed E-state index contributed by atoms with van der Waals surface area (Å²) in [6.07, 6.45) is -4.33. The lowest BCUT2D eigenvalue weighted by molar-refractivity contribution is -0.137. The van der Waals surface area contributed by atoms with E-state index in [0.717, 1.165) is 45.1 Å². The number of para-hydroxylation sites is 2. The number of halogens is 3. The average Bonchev–Trinajstić information content (AvgIpc) is 2.59. The van der Waals surface area contributed by atoms with Crippen molar-refractivity contribution in [2.45, 2.75) is 6.18 Å². The van der Waals surface area contributed by atoms with Gasteiger partial charge in [0.1, 0.15) is 0 Å². The second kappa shape index (κ2) is 5.34. The second-order valence-corrected chi connectivity index (χ2v) is 5.60. The van der Waals surface area contributed by atoms with E-state index in [9.17, 15) is 13.2 Å². The zero-order chi connectivity index (χ0) is 16.7. The lowest BCUT2D eigenvalue weighted by Crippen LogP contribution is -2.04. The minimum absolute atomic E-state index is 0.645. The van der Waals surface area contributed by atoms with Crippen LogP contribution < -0.4 is 0 Å². The summed E-state index contributed by atoms with van der Waals surface area (Å²) >= 11 is 0. The number of benzene rings is 3. The Kier molecular flexibility index (Phi) is 3.27. The highest BCUT2D eigenvalue weighted by Gasteiger charge is 2.30. The first-order valence-electron chi connectivity index (χ1n) is 7.49. The molecule has 0 aliphatic rings. The Morgan fingerprint density at radius 3 is 1.62 bits per heavy atom. The Bertz CT molecular complexity index is 980. The van der Waals surface area contributed by atoms with Crippen molar-refractivity contribution in [1.82, 2.24) is 4.98 Å². The maximum Gasteiger partial charge on any atom is 0.416 e. The minimum atomic E-state index is -4.33. The van der Waals surface area contributed by atoms with Crippen LogP contribution in [0.15, 0.2) is 72.8 Å². The predicted molar refractivity (Wildman–Crippen MR) is 89.7 cm³/mol. The molecule has 0 spiro atoms. The fourth-order valence-electron chi connectivity index (χ4n) is 2.98. The quantitative estimate of drug-likeness (QED) is 0.387. The van der Waals surface area contributed by atoms with Crippen molar-refractivity contribution in [2.75, 3.05) is 0 Å². The molecule has 4 heteroatoms. The van der Waals surface area contributed by atoms with Crippen LogP contribution in [0.25, 0.3) is 32.9 Å². The molecule has 0 amide bonds. The normalized spacial score (nSPS) is 12.0. The molecule has 0 aliphatic carbocycles. The van der Waals surface area contributed by atoms with Crippen molar-refractivity contribution in [1.29, 1.82) is 0 Å². The Balaban J connectivity index is 2.03. The monoisotopic (exact) mass is 323 g/mol. The number of alkyl halides is 3. The lowest BCUT2D eigenvalue weighted by atomic mass is 9.95. The van der Waals surface area contributed by atoms with E-state index in [4.69, 9.17) is 0 Å². The Morgan fingerprint density at radius 1 is 0.625 bits per heavy atom. The van der Waals surface area contributed by atoms with Crippen molar-refractivity contribution in [3.8, 4) is 11.1 Å². The van der Waals surface area contributed by atoms with Gasteiger partial charge in [0, 0.05) is 16.3 Å². The Hall–Kier alpha value is -2.88. The van der Waals surface area contributed by atoms with Crippen molar-refractivity contribution < 1.29 is 13.2 Å². The molecule has 4 rings (SSSR count). The molecule has 24 heavy (non-hydrogen) atoms. The number of fused-ring (bicyclic) bond motifs is 2. The van der Waals surface area contributed by atoms with Gasteiger partial charge in [-0.05, 0) is 29.8 Å². The first kappa shape index (κ1) is 14.7. The molecule has 3 aromatic carbocycles. The van der Waals surface area contributed by atoms with Gasteiger partial charge in [0.2, 0.25) is 0 Å². The summed E-state index contributed by atoms with van der Waals surface area (Å²) in [5.41, 5.74) is 2.66. The highest BCUT2D eigenvalue weighted by atomic mass is 19.4. The van der Waals surface area contributed by atoms with Crippen LogP contribution in [0.2, 0.25) is 0 Å². The van der Waals surface area contributed by atoms with Crippen molar-refractivity contribution in [2.24, 2.45) is 0 Å². The smallest absolute Gasteiger partial charge is 0.248 e. The molecule has 0 radical (unpaired) electrons. The molecule has 118 valence electrons. The number of pyridine rings is 1. The summed E-state index contributed by atoms with van der Waals surface area (Å²) in [7, 11) is 0. The van der Waals surface area contributed by atoms with E-state index < -0.39 is 11.7 Å². The van der Waals surface area contributed by atoms with Gasteiger partial charge in [-0.2, -0.15) is 13.2 Å². The molecule has 0 bridgehead atoms. The third-order valence-corrected chi connectivity index (χ3v) is 4.09. The maximum absolute atomic E-state index is 12.8. The van der Waals surface area contributed by atoms with Crippen LogP contribution in [-0.2, 0) is 6.18 Å². The van der Waals surface area contributed by atoms with Gasteiger partial charge in [0.25, 0.3) is 0 Å². The molecule has 0 saturated carbocycles. The number of hydrogen-bond acceptors (Lipinski definition) is 1. The maximum atomic E-state index is 12.8. The van der Waals surface area contributed by atoms with Gasteiger partial charge < -0.3 is 0 Å². The highest BCUT2D eigenvalue weighted by Crippen LogP contribution is 2.36. The zero-order valence-corrected chi connectivity index (χ0v) is 12.5. The standard InChI is InChI=1S/C20H12F3N/c21-20(22,23)14-11-9-13(10-12-14)19-15-5-1-3-7-17(15)24-18-8-4-2-6-16(18)19/h1-12H. The van der Waals surface area contributed by atoms with Crippen LogP contribution >= 0.6 is 0 Å². The Morgan fingerprint density at radius 2 is 1.12 bits per heavy atom. The molecule has 0 unspecified atom stereocenters. The van der Waals surface area contributed by atoms with Crippen molar-refractivity contribution >= 4 is 21.8 Å². The first-order valence-corrected chi connectivity index (χ1v) is 7.49. The predicted octanol–water partition coefficient (Wildman–Crippen LogP) is 6.07. The highest BCUT2D eigenvalue weighted by molar-refractivity contribution is 6.09. The van der Waals surface area contributed by atoms with Gasteiger partial charge in [0.05, 0.1) is 16.6 Å². The van der Waals surface area contributed by atoms with Crippen molar-refractivity contribution in [3.63, 3.8) is 0 Å². The van der Waals surface area contributed by atoms with Crippen LogP contribution in [0.4, 0.5) is 13.2 Å². The third-order valence-electron chi connectivity index (χ3n) is 4.09. The number of nitrogens with zero attached hydrogens (tertiary/aromatic N) is 1. The molecular formula is C20H12F3N. The van der Waals surface area contributed by atoms with E-state index in [-0.39, 0.29) is 0 Å². The summed E-state index contributed by atoms with van der Waals surface area (Å²) in [4.78, 5) is 4.64. The summed E-state index contributed by atoms with van der Waals surface area (Å²) in [6, 6.07) is 20.6. The molecule has 1 nitrogen and oxygen atoms in total. The van der Waals surface area contributed by atoms with Crippen LogP contribution in [0.3, 0.4) is 0 Å². The second-order valence-electron chi connectivity index (χ2n) is 5.60. The van der Waals surface area contributed by atoms with Crippen LogP contribution in [0.1, 0.15) is 5.56 Å². The average molecular weight is 323 g/mol. The largest absolute Gasteiger partial charge is 0.416 e. The van der Waals surface area contributed by atoms with E-state index in [0.29, 0.717) is 0 Å². The SMILES string of the molecule is FC(F)(F)c1ccc(-c2c3ccccc3nc3ccccc23)cc1. The summed E-state index contributed by atoms with van der Waals surface area (Å²) in [5, 5.41) is 1.85. The summed E-state index contributed by atoms with van der Waals surface area (Å²) in [6.45, 7) is 0. The Labute approximate surface area is 136 Å². The summed E-state index contributed by atoms with van der Waals surface area (Å²) in [5.74, 6) is 0. The summed E-state index contributed by atoms with van der Waals surface area (Å²) < 4.78 is 38.5. The molecule has 0 aliphatic heterocycles. The number of rotatable bonds is 1. The molecule has 0 fully saturated rings. The van der Waals surface area contributed by atoms with Crippen LogP contribution in [0, 0.1) is 0 Å². The first-order chi connectivity index (χ1) is 11.5.